The molecular formula is C10H15NO3. The Morgan fingerprint density at radius 1 is 1.50 bits per heavy atom. The fraction of sp³-hybridized carbons (Fsp3) is 0.600. The molecular weight excluding hydrogens is 182 g/mol. The lowest BCUT2D eigenvalue weighted by Crippen LogP contribution is -2.41. The fourth-order valence-corrected chi connectivity index (χ4v) is 1.64. The van der Waals surface area contributed by atoms with Crippen molar-refractivity contribution in [3.63, 3.8) is 0 Å². The molecule has 1 atom stereocenters. The number of likely N-dealkylation sites (tertiary alicyclic amines) is 1. The summed E-state index contributed by atoms with van der Waals surface area (Å²) in [5, 5.41) is 0. The van der Waals surface area contributed by atoms with E-state index in [9.17, 15) is 9.59 Å². The Morgan fingerprint density at radius 3 is 2.64 bits per heavy atom. The Bertz CT molecular complexity index is 273. The lowest BCUT2D eigenvalue weighted by molar-refractivity contribution is -0.149. The van der Waals surface area contributed by atoms with Gasteiger partial charge in [-0.25, -0.2) is 4.79 Å². The summed E-state index contributed by atoms with van der Waals surface area (Å²) >= 11 is 0. The van der Waals surface area contributed by atoms with Gasteiger partial charge >= 0.3 is 5.97 Å². The zero-order chi connectivity index (χ0) is 10.7. The molecule has 0 aromatic carbocycles. The van der Waals surface area contributed by atoms with Crippen molar-refractivity contribution in [1.29, 1.82) is 0 Å². The first-order chi connectivity index (χ1) is 6.57. The van der Waals surface area contributed by atoms with Crippen molar-refractivity contribution in [2.75, 3.05) is 13.7 Å². The molecule has 0 aromatic rings. The van der Waals surface area contributed by atoms with Crippen LogP contribution in [0.15, 0.2) is 12.2 Å². The van der Waals surface area contributed by atoms with E-state index >= 15 is 0 Å². The van der Waals surface area contributed by atoms with Gasteiger partial charge in [-0.3, -0.25) is 4.79 Å². The molecule has 1 fully saturated rings. The van der Waals surface area contributed by atoms with Crippen LogP contribution in [0.4, 0.5) is 0 Å². The number of nitrogens with zero attached hydrogens (tertiary/aromatic N) is 1. The highest BCUT2D eigenvalue weighted by atomic mass is 16.5. The van der Waals surface area contributed by atoms with Crippen LogP contribution in [-0.4, -0.2) is 36.5 Å². The van der Waals surface area contributed by atoms with Crippen LogP contribution in [-0.2, 0) is 14.3 Å². The highest BCUT2D eigenvalue weighted by molar-refractivity contribution is 5.95. The van der Waals surface area contributed by atoms with Crippen LogP contribution >= 0.6 is 0 Å². The number of amides is 1. The lowest BCUT2D eigenvalue weighted by atomic mass is 10.2. The molecule has 1 amide bonds. The first-order valence-electron chi connectivity index (χ1n) is 4.62. The van der Waals surface area contributed by atoms with Crippen LogP contribution in [0, 0.1) is 0 Å². The first-order valence-corrected chi connectivity index (χ1v) is 4.62. The van der Waals surface area contributed by atoms with Gasteiger partial charge in [0.1, 0.15) is 6.04 Å². The molecule has 0 bridgehead atoms. The Balaban J connectivity index is 2.73. The number of ether oxygens (including phenoxy) is 1. The smallest absolute Gasteiger partial charge is 0.328 e. The van der Waals surface area contributed by atoms with E-state index in [1.807, 2.05) is 0 Å². The molecule has 4 nitrogen and oxygen atoms in total. The van der Waals surface area contributed by atoms with Gasteiger partial charge in [-0.05, 0) is 19.8 Å². The third kappa shape index (κ3) is 1.95. The standard InChI is InChI=1S/C10H15NO3/c1-7(2)9(12)11-6-4-5-8(11)10(13)14-3/h8H,1,4-6H2,2-3H3. The molecule has 0 N–H and O–H groups in total. The summed E-state index contributed by atoms with van der Waals surface area (Å²) in [6.07, 6.45) is 1.53. The molecule has 1 aliphatic rings. The maximum absolute atomic E-state index is 11.6. The number of carbonyl (C=O) groups excluding carboxylic acids is 2. The molecule has 14 heavy (non-hydrogen) atoms. The largest absolute Gasteiger partial charge is 0.467 e. The van der Waals surface area contributed by atoms with Gasteiger partial charge in [0.15, 0.2) is 0 Å². The van der Waals surface area contributed by atoms with Gasteiger partial charge in [0.2, 0.25) is 5.91 Å². The summed E-state index contributed by atoms with van der Waals surface area (Å²) in [5.41, 5.74) is 0.459. The predicted octanol–water partition coefficient (Wildman–Crippen LogP) is 0.726. The van der Waals surface area contributed by atoms with Gasteiger partial charge in [-0.1, -0.05) is 6.58 Å². The van der Waals surface area contributed by atoms with Crippen molar-refractivity contribution in [3.05, 3.63) is 12.2 Å². The summed E-state index contributed by atoms with van der Waals surface area (Å²) in [6.45, 7) is 5.84. The van der Waals surface area contributed by atoms with E-state index in [0.717, 1.165) is 6.42 Å². The SMILES string of the molecule is C=C(C)C(=O)N1CCCC1C(=O)OC. The summed E-state index contributed by atoms with van der Waals surface area (Å²) in [6, 6.07) is -0.413. The van der Waals surface area contributed by atoms with E-state index in [1.54, 1.807) is 6.92 Å². The molecule has 1 saturated heterocycles. The number of methoxy groups -OCH3 is 1. The minimum Gasteiger partial charge on any atom is -0.467 e. The number of carbonyl (C=O) groups is 2. The molecule has 4 heteroatoms. The van der Waals surface area contributed by atoms with Crippen molar-refractivity contribution in [1.82, 2.24) is 4.90 Å². The quantitative estimate of drug-likeness (QED) is 0.484. The molecule has 1 rings (SSSR count). The minimum absolute atomic E-state index is 0.155. The molecule has 0 saturated carbocycles. The van der Waals surface area contributed by atoms with E-state index in [4.69, 9.17) is 0 Å². The Morgan fingerprint density at radius 2 is 2.14 bits per heavy atom. The molecule has 0 radical (unpaired) electrons. The zero-order valence-electron chi connectivity index (χ0n) is 8.58. The number of rotatable bonds is 2. The highest BCUT2D eigenvalue weighted by Crippen LogP contribution is 2.19. The Kier molecular flexibility index (Phi) is 3.28. The summed E-state index contributed by atoms with van der Waals surface area (Å²) < 4.78 is 4.63. The van der Waals surface area contributed by atoms with Gasteiger partial charge in [0.05, 0.1) is 7.11 Å². The third-order valence-corrected chi connectivity index (χ3v) is 2.35. The second kappa shape index (κ2) is 4.26. The van der Waals surface area contributed by atoms with Crippen molar-refractivity contribution < 1.29 is 14.3 Å². The summed E-state index contributed by atoms with van der Waals surface area (Å²) in [7, 11) is 1.34. The number of hydrogen-bond acceptors (Lipinski definition) is 3. The van der Waals surface area contributed by atoms with Crippen molar-refractivity contribution in [3.8, 4) is 0 Å². The van der Waals surface area contributed by atoms with Gasteiger partial charge < -0.3 is 9.64 Å². The van der Waals surface area contributed by atoms with Gasteiger partial charge in [-0.2, -0.15) is 0 Å². The predicted molar refractivity (Wildman–Crippen MR) is 51.6 cm³/mol. The van der Waals surface area contributed by atoms with Crippen LogP contribution < -0.4 is 0 Å². The van der Waals surface area contributed by atoms with Crippen LogP contribution in [0.2, 0.25) is 0 Å². The van der Waals surface area contributed by atoms with Crippen molar-refractivity contribution in [2.24, 2.45) is 0 Å². The third-order valence-electron chi connectivity index (χ3n) is 2.35. The van der Waals surface area contributed by atoms with Gasteiger partial charge in [-0.15, -0.1) is 0 Å². The molecule has 0 aliphatic carbocycles. The average Bonchev–Trinajstić information content (AvgIpc) is 2.63. The molecule has 1 heterocycles. The molecule has 78 valence electrons. The van der Waals surface area contributed by atoms with Crippen LogP contribution in [0.1, 0.15) is 19.8 Å². The molecule has 1 unspecified atom stereocenters. The molecule has 0 aromatic heterocycles. The molecule has 0 spiro atoms. The summed E-state index contributed by atoms with van der Waals surface area (Å²) in [4.78, 5) is 24.4. The van der Waals surface area contributed by atoms with E-state index in [0.29, 0.717) is 18.5 Å². The minimum atomic E-state index is -0.413. The normalized spacial score (nSPS) is 20.7. The number of hydrogen-bond donors (Lipinski definition) is 0. The van der Waals surface area contributed by atoms with E-state index in [2.05, 4.69) is 11.3 Å². The van der Waals surface area contributed by atoms with Crippen LogP contribution in [0.3, 0.4) is 0 Å². The second-order valence-electron chi connectivity index (χ2n) is 3.46. The fourth-order valence-electron chi connectivity index (χ4n) is 1.64. The number of esters is 1. The maximum atomic E-state index is 11.6. The zero-order valence-corrected chi connectivity index (χ0v) is 8.58. The second-order valence-corrected chi connectivity index (χ2v) is 3.46. The Hall–Kier alpha value is -1.32. The van der Waals surface area contributed by atoms with Crippen molar-refractivity contribution in [2.45, 2.75) is 25.8 Å². The van der Waals surface area contributed by atoms with E-state index in [1.165, 1.54) is 12.0 Å². The van der Waals surface area contributed by atoms with Crippen molar-refractivity contribution >= 4 is 11.9 Å². The van der Waals surface area contributed by atoms with E-state index < -0.39 is 6.04 Å². The van der Waals surface area contributed by atoms with E-state index in [-0.39, 0.29) is 11.9 Å². The lowest BCUT2D eigenvalue weighted by Gasteiger charge is -2.22. The Labute approximate surface area is 83.5 Å². The van der Waals surface area contributed by atoms with Gasteiger partial charge in [0.25, 0.3) is 0 Å². The van der Waals surface area contributed by atoms with Gasteiger partial charge in [0, 0.05) is 12.1 Å². The maximum Gasteiger partial charge on any atom is 0.328 e. The molecule has 1 aliphatic heterocycles. The van der Waals surface area contributed by atoms with Crippen LogP contribution in [0.25, 0.3) is 0 Å². The first kappa shape index (κ1) is 10.8. The summed E-state index contributed by atoms with van der Waals surface area (Å²) in [5.74, 6) is -0.491. The average molecular weight is 197 g/mol. The topological polar surface area (TPSA) is 46.6 Å². The highest BCUT2D eigenvalue weighted by Gasteiger charge is 2.34. The monoisotopic (exact) mass is 197 g/mol. The van der Waals surface area contributed by atoms with Crippen LogP contribution in [0.5, 0.6) is 0 Å².